The first-order valence-corrected chi connectivity index (χ1v) is 8.01. The average molecular weight is 289 g/mol. The number of hydrogen-bond donors (Lipinski definition) is 2. The monoisotopic (exact) mass is 289 g/mol. The van der Waals surface area contributed by atoms with Gasteiger partial charge in [0.15, 0.2) is 0 Å². The van der Waals surface area contributed by atoms with Gasteiger partial charge in [0, 0.05) is 19.7 Å². The van der Waals surface area contributed by atoms with Crippen molar-refractivity contribution in [3.05, 3.63) is 35.9 Å². The Hall–Kier alpha value is -0.950. The van der Waals surface area contributed by atoms with E-state index in [0.717, 1.165) is 26.1 Å². The van der Waals surface area contributed by atoms with Gasteiger partial charge in [0.2, 0.25) is 0 Å². The smallest absolute Gasteiger partial charge is 0.261 e. The van der Waals surface area contributed by atoms with Crippen molar-refractivity contribution in [2.75, 3.05) is 26.0 Å². The Morgan fingerprint density at radius 2 is 1.74 bits per heavy atom. The maximum absolute atomic E-state index is 9.19. The van der Waals surface area contributed by atoms with E-state index in [2.05, 4.69) is 36.1 Å². The summed E-state index contributed by atoms with van der Waals surface area (Å²) in [5.41, 5.74) is 1.34. The molecule has 0 atom stereocenters. The topological polar surface area (TPSA) is 77.8 Å². The van der Waals surface area contributed by atoms with E-state index in [4.69, 9.17) is 9.66 Å². The zero-order chi connectivity index (χ0) is 14.7. The molecule has 0 aliphatic rings. The maximum Gasteiger partial charge on any atom is 0.261 e. The average Bonchev–Trinajstić information content (AvgIpc) is 2.33. The Labute approximate surface area is 115 Å². The van der Waals surface area contributed by atoms with Gasteiger partial charge in [-0.2, -0.15) is 8.42 Å². The fourth-order valence-corrected chi connectivity index (χ4v) is 1.48. The van der Waals surface area contributed by atoms with Gasteiger partial charge in [-0.05, 0) is 18.5 Å². The first kappa shape index (κ1) is 18.0. The van der Waals surface area contributed by atoms with Crippen LogP contribution < -0.4 is 0 Å². The summed E-state index contributed by atoms with van der Waals surface area (Å²) in [6.45, 7) is 5.43. The molecule has 1 aromatic carbocycles. The molecular weight excluding hydrogens is 266 g/mol. The van der Waals surface area contributed by atoms with Crippen LogP contribution in [0.2, 0.25) is 0 Å². The maximum atomic E-state index is 9.19. The molecule has 1 rings (SSSR count). The van der Waals surface area contributed by atoms with Crippen LogP contribution in [0.25, 0.3) is 0 Å². The second-order valence-electron chi connectivity index (χ2n) is 4.16. The Morgan fingerprint density at radius 1 is 1.21 bits per heavy atom. The number of nitrogens with zero attached hydrogens (tertiary/aromatic N) is 1. The van der Waals surface area contributed by atoms with Gasteiger partial charge in [-0.3, -0.25) is 9.45 Å². The van der Waals surface area contributed by atoms with Crippen molar-refractivity contribution < 1.29 is 18.1 Å². The summed E-state index contributed by atoms with van der Waals surface area (Å²) < 4.78 is 25.9. The molecule has 0 radical (unpaired) electrons. The summed E-state index contributed by atoms with van der Waals surface area (Å²) >= 11 is 0. The number of benzene rings is 1. The zero-order valence-electron chi connectivity index (χ0n) is 11.5. The highest BCUT2D eigenvalue weighted by atomic mass is 32.2. The number of aliphatic hydroxyl groups is 1. The second kappa shape index (κ2) is 9.91. The molecule has 0 fully saturated rings. The first-order chi connectivity index (χ1) is 8.86. The van der Waals surface area contributed by atoms with Crippen LogP contribution in [0.1, 0.15) is 18.9 Å². The highest BCUT2D eigenvalue weighted by molar-refractivity contribution is 7.85. The van der Waals surface area contributed by atoms with Crippen molar-refractivity contribution in [3.8, 4) is 0 Å². The van der Waals surface area contributed by atoms with E-state index < -0.39 is 10.1 Å². The van der Waals surface area contributed by atoms with Gasteiger partial charge < -0.3 is 5.11 Å². The van der Waals surface area contributed by atoms with Crippen LogP contribution in [0.15, 0.2) is 30.3 Å². The van der Waals surface area contributed by atoms with E-state index in [-0.39, 0.29) is 6.61 Å². The van der Waals surface area contributed by atoms with Crippen molar-refractivity contribution in [2.24, 2.45) is 0 Å². The Morgan fingerprint density at radius 3 is 2.16 bits per heavy atom. The third-order valence-electron chi connectivity index (χ3n) is 2.33. The van der Waals surface area contributed by atoms with Crippen molar-refractivity contribution in [1.82, 2.24) is 4.90 Å². The minimum atomic E-state index is -3.67. The van der Waals surface area contributed by atoms with Crippen LogP contribution >= 0.6 is 0 Å². The van der Waals surface area contributed by atoms with Crippen LogP contribution in [0.3, 0.4) is 0 Å². The zero-order valence-corrected chi connectivity index (χ0v) is 12.3. The molecule has 110 valence electrons. The van der Waals surface area contributed by atoms with Crippen LogP contribution in [-0.4, -0.2) is 48.9 Å². The highest BCUT2D eigenvalue weighted by Gasteiger charge is 2.01. The fourth-order valence-electron chi connectivity index (χ4n) is 1.48. The Bertz CT molecular complexity index is 412. The van der Waals surface area contributed by atoms with E-state index in [0.29, 0.717) is 6.26 Å². The molecule has 0 amide bonds. The summed E-state index contributed by atoms with van der Waals surface area (Å²) in [7, 11) is -3.67. The Kier molecular flexibility index (Phi) is 9.42. The highest BCUT2D eigenvalue weighted by Crippen LogP contribution is 2.04. The minimum absolute atomic E-state index is 0.283. The normalized spacial score (nSPS) is 11.0. The van der Waals surface area contributed by atoms with E-state index in [1.54, 1.807) is 0 Å². The lowest BCUT2D eigenvalue weighted by Crippen LogP contribution is -2.24. The molecule has 1 aromatic rings. The largest absolute Gasteiger partial charge is 0.396 e. The van der Waals surface area contributed by atoms with Gasteiger partial charge in [-0.1, -0.05) is 37.3 Å². The lowest BCUT2D eigenvalue weighted by Gasteiger charge is -2.19. The predicted molar refractivity (Wildman–Crippen MR) is 76.6 cm³/mol. The van der Waals surface area contributed by atoms with Gasteiger partial charge in [-0.15, -0.1) is 0 Å². The molecule has 5 nitrogen and oxygen atoms in total. The molecule has 0 aliphatic carbocycles. The molecule has 0 saturated carbocycles. The molecule has 0 unspecified atom stereocenters. The van der Waals surface area contributed by atoms with Crippen LogP contribution in [0.4, 0.5) is 0 Å². The number of hydrogen-bond acceptors (Lipinski definition) is 4. The lowest BCUT2D eigenvalue weighted by atomic mass is 10.2. The summed E-state index contributed by atoms with van der Waals surface area (Å²) in [6, 6.07) is 10.4. The molecule has 6 heteroatoms. The molecule has 2 N–H and O–H groups in total. The third kappa shape index (κ3) is 13.3. The quantitative estimate of drug-likeness (QED) is 0.774. The molecule has 0 aliphatic heterocycles. The van der Waals surface area contributed by atoms with Crippen molar-refractivity contribution in [1.29, 1.82) is 0 Å². The summed E-state index contributed by atoms with van der Waals surface area (Å²) in [5, 5.41) is 8.75. The fraction of sp³-hybridized carbons (Fsp3) is 0.538. The van der Waals surface area contributed by atoms with Crippen molar-refractivity contribution in [3.63, 3.8) is 0 Å². The molecule has 0 bridgehead atoms. The van der Waals surface area contributed by atoms with Crippen LogP contribution in [0.5, 0.6) is 0 Å². The molecule has 0 spiro atoms. The molecule has 0 saturated heterocycles. The van der Waals surface area contributed by atoms with E-state index in [1.807, 2.05) is 6.07 Å². The van der Waals surface area contributed by atoms with E-state index >= 15 is 0 Å². The third-order valence-corrected chi connectivity index (χ3v) is 2.33. The van der Waals surface area contributed by atoms with Crippen molar-refractivity contribution in [2.45, 2.75) is 19.9 Å². The van der Waals surface area contributed by atoms with Gasteiger partial charge >= 0.3 is 0 Å². The summed E-state index contributed by atoms with van der Waals surface area (Å²) in [4.78, 5) is 2.34. The second-order valence-corrected chi connectivity index (χ2v) is 5.63. The first-order valence-electron chi connectivity index (χ1n) is 6.16. The van der Waals surface area contributed by atoms with E-state index in [1.165, 1.54) is 5.56 Å². The minimum Gasteiger partial charge on any atom is -0.396 e. The van der Waals surface area contributed by atoms with Gasteiger partial charge in [0.25, 0.3) is 10.1 Å². The molecule has 0 aromatic heterocycles. The standard InChI is InChI=1S/C12H19NO.CH4O3S/c1-2-13(9-6-10-14)11-12-7-4-3-5-8-12;1-5(2,3)4/h3-5,7-8,14H,2,6,9-11H2,1H3;1H3,(H,2,3,4). The van der Waals surface area contributed by atoms with Gasteiger partial charge in [-0.25, -0.2) is 0 Å². The van der Waals surface area contributed by atoms with Crippen molar-refractivity contribution >= 4 is 10.1 Å². The summed E-state index contributed by atoms with van der Waals surface area (Å²) in [5.74, 6) is 0. The van der Waals surface area contributed by atoms with Gasteiger partial charge in [0.05, 0.1) is 6.26 Å². The molecule has 19 heavy (non-hydrogen) atoms. The number of rotatable bonds is 6. The SMILES string of the molecule is CCN(CCCO)Cc1ccccc1.CS(=O)(=O)O. The lowest BCUT2D eigenvalue weighted by molar-refractivity contribution is 0.225. The number of aliphatic hydroxyl groups excluding tert-OH is 1. The Balaban J connectivity index is 0.000000555. The van der Waals surface area contributed by atoms with Crippen LogP contribution in [-0.2, 0) is 16.7 Å². The summed E-state index contributed by atoms with van der Waals surface area (Å²) in [6.07, 6.45) is 1.58. The molecular formula is C13H23NO4S. The predicted octanol–water partition coefficient (Wildman–Crippen LogP) is 1.39. The van der Waals surface area contributed by atoms with Crippen LogP contribution in [0, 0.1) is 0 Å². The molecule has 0 heterocycles. The van der Waals surface area contributed by atoms with Gasteiger partial charge in [0.1, 0.15) is 0 Å². The van der Waals surface area contributed by atoms with E-state index in [9.17, 15) is 8.42 Å².